The fourth-order valence-electron chi connectivity index (χ4n) is 2.00. The molecule has 0 aliphatic heterocycles. The van der Waals surface area contributed by atoms with Gasteiger partial charge in [-0.15, -0.1) is 11.6 Å². The number of nitrogens with one attached hydrogen (secondary N) is 1. The van der Waals surface area contributed by atoms with E-state index in [0.29, 0.717) is 12.3 Å². The highest BCUT2D eigenvalue weighted by molar-refractivity contribution is 7.83. The minimum Gasteiger partial charge on any atom is -0.393 e. The molecule has 5 heteroatoms. The third kappa shape index (κ3) is 6.84. The number of alkyl halides is 1. The van der Waals surface area contributed by atoms with Crippen molar-refractivity contribution in [2.24, 2.45) is 0 Å². The van der Waals surface area contributed by atoms with Crippen molar-refractivity contribution in [3.05, 3.63) is 29.8 Å². The van der Waals surface area contributed by atoms with Crippen LogP contribution in [-0.4, -0.2) is 27.3 Å². The van der Waals surface area contributed by atoms with E-state index in [1.807, 2.05) is 31.2 Å². The highest BCUT2D eigenvalue weighted by Crippen LogP contribution is 2.12. The van der Waals surface area contributed by atoms with Crippen LogP contribution in [0.25, 0.3) is 0 Å². The van der Waals surface area contributed by atoms with Gasteiger partial charge in [-0.05, 0) is 45.2 Å². The van der Waals surface area contributed by atoms with E-state index in [4.69, 9.17) is 11.6 Å². The van der Waals surface area contributed by atoms with Crippen LogP contribution in [0.15, 0.2) is 29.2 Å². The Kier molecular flexibility index (Phi) is 8.38. The summed E-state index contributed by atoms with van der Waals surface area (Å²) in [5, 5.41) is 9.53. The number of halogens is 1. The third-order valence-corrected chi connectivity index (χ3v) is 4.59. The standard InChI is InChI=1S/C15H24ClNO2S/c1-12-6-8-15(9-7-12)20(19)17-14(11-13(2)18)5-3-4-10-16/h6-9,13-14,17-18H,3-5,10-11H2,1-2H3/t13-,14+,20+/m1/s1. The van der Waals surface area contributed by atoms with Gasteiger partial charge in [-0.25, -0.2) is 8.93 Å². The molecule has 0 unspecified atom stereocenters. The van der Waals surface area contributed by atoms with Gasteiger partial charge in [-0.1, -0.05) is 24.1 Å². The first-order chi connectivity index (χ1) is 9.52. The van der Waals surface area contributed by atoms with Crippen molar-refractivity contribution >= 4 is 22.6 Å². The molecule has 3 atom stereocenters. The molecule has 1 aromatic carbocycles. The lowest BCUT2D eigenvalue weighted by Gasteiger charge is -2.19. The molecular weight excluding hydrogens is 294 g/mol. The van der Waals surface area contributed by atoms with E-state index in [0.717, 1.165) is 29.7 Å². The van der Waals surface area contributed by atoms with Gasteiger partial charge in [0.15, 0.2) is 0 Å². The van der Waals surface area contributed by atoms with E-state index in [2.05, 4.69) is 4.72 Å². The SMILES string of the molecule is Cc1ccc([S@](=O)N[C@@H](CCCCCl)C[C@@H](C)O)cc1. The van der Waals surface area contributed by atoms with Crippen molar-refractivity contribution in [1.29, 1.82) is 0 Å². The Morgan fingerprint density at radius 1 is 1.30 bits per heavy atom. The second-order valence-electron chi connectivity index (χ2n) is 5.17. The zero-order valence-electron chi connectivity index (χ0n) is 12.1. The lowest BCUT2D eigenvalue weighted by molar-refractivity contribution is 0.170. The first kappa shape index (κ1) is 17.6. The van der Waals surface area contributed by atoms with Crippen LogP contribution in [-0.2, 0) is 11.0 Å². The molecule has 0 radical (unpaired) electrons. The first-order valence-corrected chi connectivity index (χ1v) is 8.70. The fraction of sp³-hybridized carbons (Fsp3) is 0.600. The maximum atomic E-state index is 12.3. The molecule has 0 fully saturated rings. The van der Waals surface area contributed by atoms with Gasteiger partial charge >= 0.3 is 0 Å². The average Bonchev–Trinajstić information content (AvgIpc) is 2.38. The predicted molar refractivity (Wildman–Crippen MR) is 85.4 cm³/mol. The zero-order chi connectivity index (χ0) is 15.0. The van der Waals surface area contributed by atoms with Crippen LogP contribution in [0.1, 0.15) is 38.2 Å². The molecule has 0 bridgehead atoms. The number of aliphatic hydroxyl groups is 1. The monoisotopic (exact) mass is 317 g/mol. The lowest BCUT2D eigenvalue weighted by atomic mass is 10.1. The third-order valence-electron chi connectivity index (χ3n) is 3.07. The number of rotatable bonds is 9. The molecule has 114 valence electrons. The highest BCUT2D eigenvalue weighted by Gasteiger charge is 2.15. The number of hydrogen-bond acceptors (Lipinski definition) is 2. The van der Waals surface area contributed by atoms with Crippen molar-refractivity contribution in [1.82, 2.24) is 4.72 Å². The van der Waals surface area contributed by atoms with Crippen LogP contribution < -0.4 is 4.72 Å². The topological polar surface area (TPSA) is 49.3 Å². The van der Waals surface area contributed by atoms with Gasteiger partial charge < -0.3 is 5.11 Å². The molecule has 0 aliphatic rings. The van der Waals surface area contributed by atoms with Crippen molar-refractivity contribution in [2.75, 3.05) is 5.88 Å². The molecule has 3 nitrogen and oxygen atoms in total. The minimum atomic E-state index is -1.24. The second kappa shape index (κ2) is 9.50. The Bertz CT molecular complexity index is 409. The van der Waals surface area contributed by atoms with Crippen LogP contribution in [0.3, 0.4) is 0 Å². The number of hydrogen-bond donors (Lipinski definition) is 2. The molecular formula is C15H24ClNO2S. The minimum absolute atomic E-state index is 0.0420. The molecule has 0 saturated carbocycles. The maximum absolute atomic E-state index is 12.3. The second-order valence-corrected chi connectivity index (χ2v) is 6.79. The lowest BCUT2D eigenvalue weighted by Crippen LogP contribution is -2.33. The molecule has 1 rings (SSSR count). The smallest absolute Gasteiger partial charge is 0.125 e. The molecule has 1 aromatic rings. The summed E-state index contributed by atoms with van der Waals surface area (Å²) in [4.78, 5) is 0.767. The summed E-state index contributed by atoms with van der Waals surface area (Å²) in [7, 11) is -1.24. The fourth-order valence-corrected chi connectivity index (χ4v) is 3.23. The van der Waals surface area contributed by atoms with E-state index in [1.54, 1.807) is 6.92 Å². The van der Waals surface area contributed by atoms with Crippen molar-refractivity contribution in [2.45, 2.75) is 56.6 Å². The summed E-state index contributed by atoms with van der Waals surface area (Å²) < 4.78 is 15.4. The van der Waals surface area contributed by atoms with Gasteiger partial charge in [0.05, 0.1) is 11.0 Å². The van der Waals surface area contributed by atoms with Crippen LogP contribution >= 0.6 is 11.6 Å². The van der Waals surface area contributed by atoms with E-state index in [9.17, 15) is 9.32 Å². The van der Waals surface area contributed by atoms with E-state index >= 15 is 0 Å². The number of aryl methyl sites for hydroxylation is 1. The Labute approximate surface area is 129 Å². The normalized spacial score (nSPS) is 15.8. The van der Waals surface area contributed by atoms with Gasteiger partial charge in [0, 0.05) is 11.9 Å². The molecule has 0 spiro atoms. The van der Waals surface area contributed by atoms with Gasteiger partial charge in [0.1, 0.15) is 11.0 Å². The van der Waals surface area contributed by atoms with Crippen LogP contribution in [0.4, 0.5) is 0 Å². The summed E-state index contributed by atoms with van der Waals surface area (Å²) in [5.74, 6) is 0.641. The van der Waals surface area contributed by atoms with Crippen LogP contribution in [0.5, 0.6) is 0 Å². The van der Waals surface area contributed by atoms with Crippen LogP contribution in [0.2, 0.25) is 0 Å². The molecule has 20 heavy (non-hydrogen) atoms. The quantitative estimate of drug-likeness (QED) is 0.543. The predicted octanol–water partition coefficient (Wildman–Crippen LogP) is 3.16. The molecule has 2 N–H and O–H groups in total. The summed E-state index contributed by atoms with van der Waals surface area (Å²) in [6, 6.07) is 7.69. The number of benzene rings is 1. The van der Waals surface area contributed by atoms with E-state index < -0.39 is 17.1 Å². The summed E-state index contributed by atoms with van der Waals surface area (Å²) in [6.07, 6.45) is 2.98. The largest absolute Gasteiger partial charge is 0.393 e. The van der Waals surface area contributed by atoms with Crippen molar-refractivity contribution < 1.29 is 9.32 Å². The van der Waals surface area contributed by atoms with Crippen molar-refractivity contribution in [3.8, 4) is 0 Å². The molecule has 0 amide bonds. The Hall–Kier alpha value is -0.420. The molecule has 0 heterocycles. The van der Waals surface area contributed by atoms with Crippen molar-refractivity contribution in [3.63, 3.8) is 0 Å². The Morgan fingerprint density at radius 3 is 2.50 bits per heavy atom. The molecule has 0 aliphatic carbocycles. The van der Waals surface area contributed by atoms with Crippen LogP contribution in [0, 0.1) is 6.92 Å². The van der Waals surface area contributed by atoms with Gasteiger partial charge in [0.25, 0.3) is 0 Å². The van der Waals surface area contributed by atoms with E-state index in [1.165, 1.54) is 0 Å². The summed E-state index contributed by atoms with van der Waals surface area (Å²) in [5.41, 5.74) is 1.15. The van der Waals surface area contributed by atoms with Gasteiger partial charge in [-0.3, -0.25) is 0 Å². The highest BCUT2D eigenvalue weighted by atomic mass is 35.5. The van der Waals surface area contributed by atoms with Gasteiger partial charge in [0.2, 0.25) is 0 Å². The van der Waals surface area contributed by atoms with Gasteiger partial charge in [-0.2, -0.15) is 0 Å². The molecule has 0 aromatic heterocycles. The molecule has 0 saturated heterocycles. The first-order valence-electron chi connectivity index (χ1n) is 7.01. The van der Waals surface area contributed by atoms with E-state index in [-0.39, 0.29) is 6.04 Å². The number of aliphatic hydroxyl groups excluding tert-OH is 1. The maximum Gasteiger partial charge on any atom is 0.125 e. The summed E-state index contributed by atoms with van der Waals surface area (Å²) in [6.45, 7) is 3.76. The zero-order valence-corrected chi connectivity index (χ0v) is 13.7. The Balaban J connectivity index is 2.58. The Morgan fingerprint density at radius 2 is 1.95 bits per heavy atom. The number of unbranched alkanes of at least 4 members (excludes halogenated alkanes) is 1. The average molecular weight is 318 g/mol. The summed E-state index contributed by atoms with van der Waals surface area (Å²) >= 11 is 5.68.